The highest BCUT2D eigenvalue weighted by Gasteiger charge is 2.25. The number of nitrogens with zero attached hydrogens (tertiary/aromatic N) is 2. The number of fused-ring (bicyclic) bond motifs is 6. The molecule has 166 valence electrons. The fourth-order valence-electron chi connectivity index (χ4n) is 5.86. The van der Waals surface area contributed by atoms with Gasteiger partial charge in [0.15, 0.2) is 0 Å². The maximum absolute atomic E-state index is 4.65. The van der Waals surface area contributed by atoms with Crippen LogP contribution in [0.5, 0.6) is 0 Å². The van der Waals surface area contributed by atoms with Crippen LogP contribution in [0.25, 0.3) is 71.1 Å². The summed E-state index contributed by atoms with van der Waals surface area (Å²) >= 11 is 0. The average molecular weight is 458 g/mol. The molecule has 0 atom stereocenters. The number of pyridine rings is 4. The van der Waals surface area contributed by atoms with Crippen molar-refractivity contribution in [3.05, 3.63) is 128 Å². The smallest absolute Gasteiger partial charge is 0.230 e. The topological polar surface area (TPSA) is 17.0 Å². The van der Waals surface area contributed by atoms with E-state index >= 15 is 0 Å². The van der Waals surface area contributed by atoms with Crippen molar-refractivity contribution in [2.75, 3.05) is 0 Å². The maximum Gasteiger partial charge on any atom is 0.230 e. The zero-order valence-electron chi connectivity index (χ0n) is 19.5. The Morgan fingerprint density at radius 3 is 1.39 bits per heavy atom. The third-order valence-corrected chi connectivity index (χ3v) is 7.52. The lowest BCUT2D eigenvalue weighted by atomic mass is 9.95. The van der Waals surface area contributed by atoms with Crippen molar-refractivity contribution in [2.45, 2.75) is 0 Å². The first-order chi connectivity index (χ1) is 17.9. The van der Waals surface area contributed by atoms with Gasteiger partial charge in [0.2, 0.25) is 16.6 Å². The number of hydrogen-bond donors (Lipinski definition) is 0. The molecule has 4 aromatic heterocycles. The highest BCUT2D eigenvalue weighted by molar-refractivity contribution is 6.20. The van der Waals surface area contributed by atoms with Gasteiger partial charge in [-0.2, -0.15) is 4.40 Å². The summed E-state index contributed by atoms with van der Waals surface area (Å²) in [6.45, 7) is 0. The van der Waals surface area contributed by atoms with Crippen LogP contribution >= 0.6 is 0 Å². The summed E-state index contributed by atoms with van der Waals surface area (Å²) in [5, 5.41) is 7.35. The first kappa shape index (κ1) is 19.5. The molecule has 0 saturated carbocycles. The fraction of sp³-hybridized carbons (Fsp3) is 0. The molecular weight excluding hydrogens is 436 g/mol. The van der Waals surface area contributed by atoms with E-state index in [0.717, 1.165) is 0 Å². The quantitative estimate of drug-likeness (QED) is 0.145. The normalized spacial score (nSPS) is 11.9. The van der Waals surface area contributed by atoms with Crippen LogP contribution in [0.4, 0.5) is 0 Å². The van der Waals surface area contributed by atoms with E-state index in [1.165, 1.54) is 71.1 Å². The zero-order chi connectivity index (χ0) is 23.6. The third-order valence-electron chi connectivity index (χ3n) is 7.52. The Balaban J connectivity index is 1.51. The van der Waals surface area contributed by atoms with Crippen molar-refractivity contribution < 1.29 is 4.40 Å². The predicted molar refractivity (Wildman–Crippen MR) is 149 cm³/mol. The number of rotatable bonds is 2. The summed E-state index contributed by atoms with van der Waals surface area (Å²) < 4.78 is 2.44. The van der Waals surface area contributed by atoms with Gasteiger partial charge in [0.1, 0.15) is 0 Å². The summed E-state index contributed by atoms with van der Waals surface area (Å²) in [7, 11) is 0. The Hall–Kier alpha value is -4.82. The van der Waals surface area contributed by atoms with E-state index in [1.54, 1.807) is 0 Å². The van der Waals surface area contributed by atoms with Gasteiger partial charge < -0.3 is 0 Å². The van der Waals surface area contributed by atoms with Crippen LogP contribution in [0.15, 0.2) is 128 Å². The molecule has 2 heteroatoms. The van der Waals surface area contributed by atoms with Crippen molar-refractivity contribution in [3.8, 4) is 22.3 Å². The highest BCUT2D eigenvalue weighted by atomic mass is 14.9. The molecule has 0 saturated heterocycles. The summed E-state index contributed by atoms with van der Waals surface area (Å²) in [5.41, 5.74) is 8.59. The Kier molecular flexibility index (Phi) is 3.97. The molecule has 4 aromatic carbocycles. The zero-order valence-corrected chi connectivity index (χ0v) is 19.5. The molecule has 0 amide bonds. The molecule has 0 aliphatic rings. The molecule has 0 N–H and O–H groups in total. The lowest BCUT2D eigenvalue weighted by Gasteiger charge is -2.12. The van der Waals surface area contributed by atoms with Gasteiger partial charge in [0, 0.05) is 35.3 Å². The van der Waals surface area contributed by atoms with E-state index < -0.39 is 0 Å². The SMILES string of the molecule is c1ccc(-c2ccc(-c3cc4c5ccccc5c5cncc6c7ccccc7c(c3)[n+]4c56)cc2)cc1. The first-order valence-corrected chi connectivity index (χ1v) is 12.3. The van der Waals surface area contributed by atoms with Crippen molar-refractivity contribution in [3.63, 3.8) is 0 Å². The molecule has 4 heterocycles. The van der Waals surface area contributed by atoms with Crippen LogP contribution in [-0.4, -0.2) is 4.98 Å². The van der Waals surface area contributed by atoms with Crippen molar-refractivity contribution in [1.29, 1.82) is 0 Å². The number of hydrogen-bond acceptors (Lipinski definition) is 1. The van der Waals surface area contributed by atoms with E-state index in [-0.39, 0.29) is 0 Å². The predicted octanol–water partition coefficient (Wildman–Crippen LogP) is 8.20. The molecule has 8 rings (SSSR count). The molecular formula is C34H21N2+. The van der Waals surface area contributed by atoms with Gasteiger partial charge in [-0.3, -0.25) is 4.98 Å². The van der Waals surface area contributed by atoms with Gasteiger partial charge in [-0.05, 0) is 34.4 Å². The van der Waals surface area contributed by atoms with Crippen molar-refractivity contribution in [1.82, 2.24) is 4.98 Å². The van der Waals surface area contributed by atoms with E-state index in [0.29, 0.717) is 0 Å². The lowest BCUT2D eigenvalue weighted by molar-refractivity contribution is -0.448. The molecule has 0 fully saturated rings. The summed E-state index contributed by atoms with van der Waals surface area (Å²) in [6, 6.07) is 41.6. The van der Waals surface area contributed by atoms with E-state index in [2.05, 4.69) is 125 Å². The molecule has 36 heavy (non-hydrogen) atoms. The Morgan fingerprint density at radius 2 is 0.833 bits per heavy atom. The average Bonchev–Trinajstić information content (AvgIpc) is 2.97. The Labute approximate surface area is 208 Å². The van der Waals surface area contributed by atoms with Gasteiger partial charge in [-0.25, -0.2) is 0 Å². The van der Waals surface area contributed by atoms with Crippen LogP contribution in [-0.2, 0) is 0 Å². The van der Waals surface area contributed by atoms with Crippen LogP contribution in [0.2, 0.25) is 0 Å². The standard InChI is InChI=1S/C34H21N2/c1-2-8-22(9-3-1)23-14-16-24(17-15-23)25-18-32-28-12-6-4-10-26(28)30-20-35-21-31-27-11-5-7-13-29(27)33(19-25)36(32)34(30)31/h1-21H/q+1. The molecule has 0 unspecified atom stereocenters. The van der Waals surface area contributed by atoms with Crippen LogP contribution in [0.1, 0.15) is 0 Å². The fourth-order valence-corrected chi connectivity index (χ4v) is 5.86. The molecule has 0 bridgehead atoms. The van der Waals surface area contributed by atoms with Crippen molar-refractivity contribution in [2.24, 2.45) is 0 Å². The first-order valence-electron chi connectivity index (χ1n) is 12.3. The van der Waals surface area contributed by atoms with Crippen molar-refractivity contribution >= 4 is 48.9 Å². The van der Waals surface area contributed by atoms with E-state index in [4.69, 9.17) is 0 Å². The summed E-state index contributed by atoms with van der Waals surface area (Å²) in [6.07, 6.45) is 4.03. The van der Waals surface area contributed by atoms with Gasteiger partial charge >= 0.3 is 0 Å². The monoisotopic (exact) mass is 457 g/mol. The summed E-state index contributed by atoms with van der Waals surface area (Å²) in [5.74, 6) is 0. The molecule has 0 aliphatic carbocycles. The minimum atomic E-state index is 1.19. The lowest BCUT2D eigenvalue weighted by Crippen LogP contribution is -2.26. The highest BCUT2D eigenvalue weighted by Crippen LogP contribution is 2.36. The van der Waals surface area contributed by atoms with E-state index in [1.807, 2.05) is 12.4 Å². The summed E-state index contributed by atoms with van der Waals surface area (Å²) in [4.78, 5) is 4.65. The van der Waals surface area contributed by atoms with Crippen LogP contribution < -0.4 is 4.40 Å². The Morgan fingerprint density at radius 1 is 0.389 bits per heavy atom. The van der Waals surface area contributed by atoms with Crippen LogP contribution in [0.3, 0.4) is 0 Å². The largest absolute Gasteiger partial charge is 0.263 e. The van der Waals surface area contributed by atoms with Crippen LogP contribution in [0, 0.1) is 0 Å². The number of benzene rings is 4. The van der Waals surface area contributed by atoms with Gasteiger partial charge in [0.05, 0.1) is 21.5 Å². The molecule has 0 radical (unpaired) electrons. The molecule has 0 spiro atoms. The van der Waals surface area contributed by atoms with E-state index in [9.17, 15) is 0 Å². The second kappa shape index (κ2) is 7.34. The number of aromatic nitrogens is 2. The molecule has 8 aromatic rings. The minimum absolute atomic E-state index is 1.19. The molecule has 0 aliphatic heterocycles. The molecule has 2 nitrogen and oxygen atoms in total. The minimum Gasteiger partial charge on any atom is -0.263 e. The Bertz CT molecular complexity index is 1970. The maximum atomic E-state index is 4.65. The second-order valence-electron chi connectivity index (χ2n) is 9.47. The second-order valence-corrected chi connectivity index (χ2v) is 9.47. The van der Waals surface area contributed by atoms with Gasteiger partial charge in [0.25, 0.3) is 0 Å². The third kappa shape index (κ3) is 2.67. The van der Waals surface area contributed by atoms with Gasteiger partial charge in [-0.1, -0.05) is 91.0 Å². The van der Waals surface area contributed by atoms with Gasteiger partial charge in [-0.15, -0.1) is 0 Å².